The summed E-state index contributed by atoms with van der Waals surface area (Å²) in [7, 11) is 0. The van der Waals surface area contributed by atoms with Crippen molar-refractivity contribution in [2.45, 2.75) is 31.8 Å². The molecule has 1 fully saturated rings. The Labute approximate surface area is 224 Å². The van der Waals surface area contributed by atoms with Gasteiger partial charge in [0.15, 0.2) is 0 Å². The zero-order valence-electron chi connectivity index (χ0n) is 20.9. The van der Waals surface area contributed by atoms with Gasteiger partial charge in [-0.3, -0.25) is 14.6 Å². The molecule has 0 amide bonds. The number of nitrogens with one attached hydrogen (secondary N) is 2. The van der Waals surface area contributed by atoms with Crippen LogP contribution < -0.4 is 10.6 Å². The summed E-state index contributed by atoms with van der Waals surface area (Å²) in [5.74, 6) is 1.59. The first-order valence-corrected chi connectivity index (χ1v) is 12.6. The number of pyridine rings is 1. The Morgan fingerprint density at radius 2 is 1.86 bits per heavy atom. The molecule has 1 saturated heterocycles. The van der Waals surface area contributed by atoms with Crippen LogP contribution in [0, 0.1) is 0 Å². The number of aromatic nitrogens is 3. The molecule has 10 heteroatoms. The first-order valence-electron chi connectivity index (χ1n) is 12.6. The number of rotatable bonds is 1. The maximum atomic E-state index is 12.6. The molecule has 2 aromatic heterocycles. The Morgan fingerprint density at radius 1 is 1.00 bits per heavy atom. The van der Waals surface area contributed by atoms with E-state index in [2.05, 4.69) is 47.5 Å². The molecule has 3 atom stereocenters. The second kappa shape index (κ2) is 13.0. The van der Waals surface area contributed by atoms with E-state index in [4.69, 9.17) is 0 Å². The Balaban J connectivity index is 0.00000320. The van der Waals surface area contributed by atoms with Crippen LogP contribution in [0.2, 0.25) is 0 Å². The third-order valence-corrected chi connectivity index (χ3v) is 6.80. The summed E-state index contributed by atoms with van der Waals surface area (Å²) in [6.07, 6.45) is 7.67. The molecule has 3 aromatic rings. The van der Waals surface area contributed by atoms with E-state index < -0.39 is 0 Å². The van der Waals surface area contributed by atoms with E-state index in [-0.39, 0.29) is 31.9 Å². The van der Waals surface area contributed by atoms with Gasteiger partial charge in [0.05, 0.1) is 13.2 Å². The summed E-state index contributed by atoms with van der Waals surface area (Å²) in [5.41, 5.74) is 4.01. The second-order valence-corrected chi connectivity index (χ2v) is 9.52. The van der Waals surface area contributed by atoms with Crippen LogP contribution in [0.15, 0.2) is 55.0 Å². The molecule has 0 radical (unpaired) electrons. The van der Waals surface area contributed by atoms with E-state index in [1.807, 2.05) is 36.7 Å². The molecule has 5 aliphatic rings. The van der Waals surface area contributed by atoms with Crippen LogP contribution in [0.1, 0.15) is 24.8 Å². The molecule has 3 N–H and O–H groups in total. The fourth-order valence-electron chi connectivity index (χ4n) is 4.83. The van der Waals surface area contributed by atoms with Gasteiger partial charge >= 0.3 is 0 Å². The Hall–Kier alpha value is -3.05. The normalized spacial score (nSPS) is 22.4. The number of hydrogen-bond acceptors (Lipinski definition) is 9. The summed E-state index contributed by atoms with van der Waals surface area (Å²) < 4.78 is 0. The van der Waals surface area contributed by atoms with Crippen LogP contribution in [-0.2, 0) is 11.3 Å². The number of aliphatic hydroxyl groups excluding tert-OH is 1. The van der Waals surface area contributed by atoms with Crippen LogP contribution >= 0.6 is 13.5 Å². The van der Waals surface area contributed by atoms with Crippen molar-refractivity contribution in [1.82, 2.24) is 24.8 Å². The van der Waals surface area contributed by atoms with Gasteiger partial charge in [-0.15, -0.1) is 0 Å². The summed E-state index contributed by atoms with van der Waals surface area (Å²) >= 11 is 0. The topological polar surface area (TPSA) is 107 Å². The molecule has 9 nitrogen and oxygen atoms in total. The lowest BCUT2D eigenvalue weighted by Gasteiger charge is -2.40. The first kappa shape index (κ1) is 27.0. The lowest BCUT2D eigenvalue weighted by atomic mass is 10.1. The fraction of sp³-hybridized carbons (Fsp3) is 0.407. The van der Waals surface area contributed by atoms with Gasteiger partial charge < -0.3 is 15.7 Å². The van der Waals surface area contributed by atoms with Crippen LogP contribution in [0.25, 0.3) is 11.1 Å². The highest BCUT2D eigenvalue weighted by Crippen LogP contribution is 2.24. The minimum Gasteiger partial charge on any atom is -0.395 e. The molecule has 0 saturated carbocycles. The van der Waals surface area contributed by atoms with Crippen LogP contribution in [0.5, 0.6) is 0 Å². The highest BCUT2D eigenvalue weighted by molar-refractivity contribution is 7.59. The third-order valence-electron chi connectivity index (χ3n) is 6.80. The maximum Gasteiger partial charge on any atom is 0.222 e. The number of Topliss-reactive ketones (excluding diaryl/α,β-unsaturated/α-hetero) is 1. The Kier molecular flexibility index (Phi) is 9.45. The zero-order chi connectivity index (χ0) is 24.7. The number of nitrogens with zero attached hydrogens (tertiary/aromatic N) is 5. The summed E-state index contributed by atoms with van der Waals surface area (Å²) in [6, 6.07) is 12.2. The van der Waals surface area contributed by atoms with E-state index in [1.54, 1.807) is 6.20 Å². The molecule has 8 bridgehead atoms. The minimum atomic E-state index is 0. The molecule has 3 unspecified atom stereocenters. The Bertz CT molecular complexity index is 1180. The van der Waals surface area contributed by atoms with Gasteiger partial charge in [0.25, 0.3) is 0 Å². The fourth-order valence-corrected chi connectivity index (χ4v) is 4.83. The lowest BCUT2D eigenvalue weighted by molar-refractivity contribution is -0.121. The number of carbonyl (C=O) groups is 1. The molecule has 196 valence electrons. The molecule has 5 aliphatic heterocycles. The van der Waals surface area contributed by atoms with Gasteiger partial charge in [-0.05, 0) is 48.2 Å². The highest BCUT2D eigenvalue weighted by Gasteiger charge is 2.27. The highest BCUT2D eigenvalue weighted by atomic mass is 32.1. The van der Waals surface area contributed by atoms with Crippen molar-refractivity contribution < 1.29 is 9.90 Å². The lowest BCUT2D eigenvalue weighted by Crippen LogP contribution is -2.55. The van der Waals surface area contributed by atoms with E-state index >= 15 is 0 Å². The molecule has 1 aromatic carbocycles. The van der Waals surface area contributed by atoms with Crippen molar-refractivity contribution in [2.24, 2.45) is 0 Å². The number of benzene rings is 1. The standard InChI is InChI=1S/C27H33N7O2.H2S/c35-19-24-17-33-10-11-34(24)16-20-4-3-5-23(12-20)32-26-13-21(7-9-28-26)22-14-30-27(31-15-22)29-8-2-1-6-25(36)18-33;/h3-5,7,9,12-15,24,35H,1-2,6,8,10-11,16-19H2,(H,28,32)(H,29,30,31);1H2. The smallest absolute Gasteiger partial charge is 0.222 e. The van der Waals surface area contributed by atoms with E-state index in [9.17, 15) is 9.90 Å². The molecule has 7 heterocycles. The van der Waals surface area contributed by atoms with Gasteiger partial charge in [-0.25, -0.2) is 15.0 Å². The molecule has 37 heavy (non-hydrogen) atoms. The summed E-state index contributed by atoms with van der Waals surface area (Å²) in [4.78, 5) is 30.4. The molecule has 0 aliphatic carbocycles. The molecular formula is C27H35N7O2S. The van der Waals surface area contributed by atoms with Crippen molar-refractivity contribution in [2.75, 3.05) is 50.0 Å². The third kappa shape index (κ3) is 7.26. The minimum absolute atomic E-state index is 0. The van der Waals surface area contributed by atoms with Crippen LogP contribution in [0.4, 0.5) is 17.5 Å². The van der Waals surface area contributed by atoms with Crippen LogP contribution in [0.3, 0.4) is 0 Å². The van der Waals surface area contributed by atoms with Crippen molar-refractivity contribution in [1.29, 1.82) is 0 Å². The quantitative estimate of drug-likeness (QED) is 0.445. The van der Waals surface area contributed by atoms with Crippen molar-refractivity contribution in [3.05, 3.63) is 60.6 Å². The van der Waals surface area contributed by atoms with Crippen molar-refractivity contribution in [3.8, 4) is 11.1 Å². The van der Waals surface area contributed by atoms with Gasteiger partial charge in [0.2, 0.25) is 5.95 Å². The predicted molar refractivity (Wildman–Crippen MR) is 150 cm³/mol. The number of anilines is 3. The van der Waals surface area contributed by atoms with E-state index in [0.717, 1.165) is 67.2 Å². The molecule has 8 rings (SSSR count). The number of hydrogen-bond donors (Lipinski definition) is 3. The maximum absolute atomic E-state index is 12.6. The SMILES string of the molecule is O=C1CCCCNc2ncc(cn2)-c2ccnc(c2)Nc2cccc(c2)CN2CCN(C1)CC2CO.S. The van der Waals surface area contributed by atoms with Crippen LogP contribution in [-0.4, -0.2) is 81.0 Å². The average Bonchev–Trinajstić information content (AvgIpc) is 2.89. The number of ketones is 1. The van der Waals surface area contributed by atoms with E-state index in [1.165, 1.54) is 0 Å². The first-order chi connectivity index (χ1) is 17.7. The molecular weight excluding hydrogens is 486 g/mol. The number of piperazine rings is 1. The number of carbonyl (C=O) groups excluding carboxylic acids is 1. The summed E-state index contributed by atoms with van der Waals surface area (Å²) in [6.45, 7) is 4.34. The van der Waals surface area contributed by atoms with Gasteiger partial charge in [-0.2, -0.15) is 13.5 Å². The van der Waals surface area contributed by atoms with Gasteiger partial charge in [0.1, 0.15) is 11.6 Å². The zero-order valence-corrected chi connectivity index (χ0v) is 21.9. The summed E-state index contributed by atoms with van der Waals surface area (Å²) in [5, 5.41) is 16.7. The predicted octanol–water partition coefficient (Wildman–Crippen LogP) is 3.04. The van der Waals surface area contributed by atoms with E-state index in [0.29, 0.717) is 25.5 Å². The number of aliphatic hydroxyl groups is 1. The van der Waals surface area contributed by atoms with Crippen molar-refractivity contribution >= 4 is 36.7 Å². The van der Waals surface area contributed by atoms with Gasteiger partial charge in [0, 0.05) is 75.0 Å². The monoisotopic (exact) mass is 521 g/mol. The van der Waals surface area contributed by atoms with Crippen molar-refractivity contribution in [3.63, 3.8) is 0 Å². The molecule has 0 spiro atoms. The van der Waals surface area contributed by atoms with Gasteiger partial charge in [-0.1, -0.05) is 12.1 Å². The average molecular weight is 522 g/mol. The largest absolute Gasteiger partial charge is 0.395 e. The Morgan fingerprint density at radius 3 is 2.70 bits per heavy atom. The second-order valence-electron chi connectivity index (χ2n) is 9.52.